The molecule has 1 amide bonds. The fraction of sp³-hybridized carbons (Fsp3) is 0.333. The molecule has 1 aromatic heterocycles. The summed E-state index contributed by atoms with van der Waals surface area (Å²) in [5.41, 5.74) is 3.07. The Morgan fingerprint density at radius 1 is 1.23 bits per heavy atom. The predicted octanol–water partition coefficient (Wildman–Crippen LogP) is 3.37. The Hall–Kier alpha value is -2.36. The second-order valence-electron chi connectivity index (χ2n) is 6.13. The first-order valence-corrected chi connectivity index (χ1v) is 7.84. The molecule has 2 aromatic rings. The van der Waals surface area contributed by atoms with Crippen molar-refractivity contribution < 1.29 is 4.79 Å². The molecule has 0 spiro atoms. The standard InChI is InChI=1S/C18H19N3O/c1-12(13-5-3-2-4-6-13)20-17-16-11-21(14-7-8-14)18(22)15(16)9-10-19-17/h2-6,9-10,12,14H,7-8,11H2,1H3,(H,19,20). The maximum absolute atomic E-state index is 12.5. The van der Waals surface area contributed by atoms with Crippen LogP contribution in [0.2, 0.25) is 0 Å². The fourth-order valence-electron chi connectivity index (χ4n) is 3.09. The minimum absolute atomic E-state index is 0.158. The zero-order valence-corrected chi connectivity index (χ0v) is 12.6. The Kier molecular flexibility index (Phi) is 3.10. The van der Waals surface area contributed by atoms with Gasteiger partial charge in [0.05, 0.1) is 6.54 Å². The van der Waals surface area contributed by atoms with E-state index >= 15 is 0 Å². The van der Waals surface area contributed by atoms with E-state index in [1.165, 1.54) is 5.56 Å². The maximum atomic E-state index is 12.5. The molecule has 1 aliphatic heterocycles. The van der Waals surface area contributed by atoms with Crippen LogP contribution in [-0.4, -0.2) is 21.8 Å². The number of fused-ring (bicyclic) bond motifs is 1. The van der Waals surface area contributed by atoms with Crippen LogP contribution in [-0.2, 0) is 6.54 Å². The molecule has 4 rings (SSSR count). The monoisotopic (exact) mass is 293 g/mol. The van der Waals surface area contributed by atoms with Gasteiger partial charge in [0.15, 0.2) is 0 Å². The highest BCUT2D eigenvalue weighted by Crippen LogP contribution is 2.37. The summed E-state index contributed by atoms with van der Waals surface area (Å²) in [5.74, 6) is 1.00. The summed E-state index contributed by atoms with van der Waals surface area (Å²) in [6, 6.07) is 12.7. The van der Waals surface area contributed by atoms with E-state index in [0.29, 0.717) is 12.6 Å². The summed E-state index contributed by atoms with van der Waals surface area (Å²) in [6.07, 6.45) is 4.00. The van der Waals surface area contributed by atoms with E-state index in [0.717, 1.165) is 29.8 Å². The number of anilines is 1. The van der Waals surface area contributed by atoms with Gasteiger partial charge in [0.2, 0.25) is 0 Å². The number of aromatic nitrogens is 1. The predicted molar refractivity (Wildman–Crippen MR) is 85.6 cm³/mol. The van der Waals surface area contributed by atoms with Gasteiger partial charge < -0.3 is 10.2 Å². The third-order valence-electron chi connectivity index (χ3n) is 4.52. The van der Waals surface area contributed by atoms with Crippen molar-refractivity contribution in [1.82, 2.24) is 9.88 Å². The molecule has 2 heterocycles. The second-order valence-corrected chi connectivity index (χ2v) is 6.13. The molecule has 1 N–H and O–H groups in total. The first-order valence-electron chi connectivity index (χ1n) is 7.84. The van der Waals surface area contributed by atoms with Gasteiger partial charge >= 0.3 is 0 Å². The number of amides is 1. The molecule has 2 aliphatic rings. The van der Waals surface area contributed by atoms with Crippen LogP contribution in [0.1, 0.15) is 47.3 Å². The SMILES string of the molecule is CC(Nc1nccc2c1CN(C1CC1)C2=O)c1ccccc1. The Morgan fingerprint density at radius 3 is 2.73 bits per heavy atom. The molecule has 112 valence electrons. The smallest absolute Gasteiger partial charge is 0.254 e. The van der Waals surface area contributed by atoms with Gasteiger partial charge in [-0.05, 0) is 31.4 Å². The van der Waals surface area contributed by atoms with E-state index in [4.69, 9.17) is 0 Å². The Balaban J connectivity index is 1.61. The Morgan fingerprint density at radius 2 is 2.00 bits per heavy atom. The number of benzene rings is 1. The van der Waals surface area contributed by atoms with Crippen molar-refractivity contribution in [3.8, 4) is 0 Å². The molecule has 1 saturated carbocycles. The number of hydrogen-bond acceptors (Lipinski definition) is 3. The number of nitrogens with one attached hydrogen (secondary N) is 1. The van der Waals surface area contributed by atoms with E-state index in [1.54, 1.807) is 6.20 Å². The van der Waals surface area contributed by atoms with Gasteiger partial charge in [0.1, 0.15) is 5.82 Å². The van der Waals surface area contributed by atoms with Gasteiger partial charge in [-0.25, -0.2) is 4.98 Å². The highest BCUT2D eigenvalue weighted by atomic mass is 16.2. The van der Waals surface area contributed by atoms with Crippen LogP contribution in [0.5, 0.6) is 0 Å². The van der Waals surface area contributed by atoms with E-state index < -0.39 is 0 Å². The molecular weight excluding hydrogens is 274 g/mol. The molecule has 0 saturated heterocycles. The van der Waals surface area contributed by atoms with Gasteiger partial charge in [0.25, 0.3) is 5.91 Å². The lowest BCUT2D eigenvalue weighted by Gasteiger charge is -2.17. The molecule has 0 bridgehead atoms. The van der Waals surface area contributed by atoms with Crippen molar-refractivity contribution in [1.29, 1.82) is 0 Å². The van der Waals surface area contributed by atoms with E-state index in [1.807, 2.05) is 29.2 Å². The number of hydrogen-bond donors (Lipinski definition) is 1. The molecular formula is C18H19N3O. The number of nitrogens with zero attached hydrogens (tertiary/aromatic N) is 2. The summed E-state index contributed by atoms with van der Waals surface area (Å²) in [6.45, 7) is 2.81. The van der Waals surface area contributed by atoms with Gasteiger partial charge in [-0.2, -0.15) is 0 Å². The van der Waals surface area contributed by atoms with Gasteiger partial charge in [-0.15, -0.1) is 0 Å². The fourth-order valence-corrected chi connectivity index (χ4v) is 3.09. The molecule has 1 aromatic carbocycles. The normalized spacial score (nSPS) is 18.2. The van der Waals surface area contributed by atoms with Crippen LogP contribution < -0.4 is 5.32 Å². The lowest BCUT2D eigenvalue weighted by Crippen LogP contribution is -2.25. The summed E-state index contributed by atoms with van der Waals surface area (Å²) in [5, 5.41) is 3.47. The summed E-state index contributed by atoms with van der Waals surface area (Å²) in [7, 11) is 0. The van der Waals surface area contributed by atoms with Gasteiger partial charge in [-0.3, -0.25) is 4.79 Å². The molecule has 1 atom stereocenters. The number of pyridine rings is 1. The summed E-state index contributed by atoms with van der Waals surface area (Å²) < 4.78 is 0. The first-order chi connectivity index (χ1) is 10.7. The summed E-state index contributed by atoms with van der Waals surface area (Å²) in [4.78, 5) is 18.9. The minimum atomic E-state index is 0.158. The van der Waals surface area contributed by atoms with Crippen LogP contribution in [0.25, 0.3) is 0 Å². The van der Waals surface area contributed by atoms with Gasteiger partial charge in [-0.1, -0.05) is 30.3 Å². The number of carbonyl (C=O) groups excluding carboxylic acids is 1. The molecule has 0 radical (unpaired) electrons. The number of carbonyl (C=O) groups is 1. The Bertz CT molecular complexity index is 710. The average molecular weight is 293 g/mol. The van der Waals surface area contributed by atoms with Crippen molar-refractivity contribution in [2.24, 2.45) is 0 Å². The van der Waals surface area contributed by atoms with Crippen LogP contribution >= 0.6 is 0 Å². The highest BCUT2D eigenvalue weighted by Gasteiger charge is 2.39. The quantitative estimate of drug-likeness (QED) is 0.940. The van der Waals surface area contributed by atoms with Crippen LogP contribution in [0.15, 0.2) is 42.6 Å². The van der Waals surface area contributed by atoms with E-state index in [2.05, 4.69) is 29.4 Å². The van der Waals surface area contributed by atoms with Crippen molar-refractivity contribution in [3.05, 3.63) is 59.3 Å². The molecule has 22 heavy (non-hydrogen) atoms. The van der Waals surface area contributed by atoms with Crippen molar-refractivity contribution in [3.63, 3.8) is 0 Å². The lowest BCUT2D eigenvalue weighted by atomic mass is 10.1. The topological polar surface area (TPSA) is 45.2 Å². The molecule has 4 heteroatoms. The zero-order chi connectivity index (χ0) is 15.1. The molecule has 1 unspecified atom stereocenters. The minimum Gasteiger partial charge on any atom is -0.363 e. The lowest BCUT2D eigenvalue weighted by molar-refractivity contribution is 0.0766. The van der Waals surface area contributed by atoms with E-state index in [-0.39, 0.29) is 11.9 Å². The molecule has 1 aliphatic carbocycles. The third-order valence-corrected chi connectivity index (χ3v) is 4.52. The van der Waals surface area contributed by atoms with Crippen molar-refractivity contribution >= 4 is 11.7 Å². The second kappa shape index (κ2) is 5.13. The molecule has 1 fully saturated rings. The maximum Gasteiger partial charge on any atom is 0.254 e. The van der Waals surface area contributed by atoms with Gasteiger partial charge in [0, 0.05) is 29.4 Å². The Labute approximate surface area is 130 Å². The van der Waals surface area contributed by atoms with Crippen LogP contribution in [0.4, 0.5) is 5.82 Å². The molecule has 4 nitrogen and oxygen atoms in total. The third kappa shape index (κ3) is 2.25. The van der Waals surface area contributed by atoms with Crippen LogP contribution in [0.3, 0.4) is 0 Å². The van der Waals surface area contributed by atoms with Crippen molar-refractivity contribution in [2.45, 2.75) is 38.4 Å². The average Bonchev–Trinajstić information content (AvgIpc) is 3.33. The number of rotatable bonds is 4. The van der Waals surface area contributed by atoms with Crippen LogP contribution in [0, 0.1) is 0 Å². The summed E-state index contributed by atoms with van der Waals surface area (Å²) >= 11 is 0. The largest absolute Gasteiger partial charge is 0.363 e. The highest BCUT2D eigenvalue weighted by molar-refractivity contribution is 6.00. The first kappa shape index (κ1) is 13.3. The van der Waals surface area contributed by atoms with E-state index in [9.17, 15) is 4.79 Å². The van der Waals surface area contributed by atoms with Crippen molar-refractivity contribution in [2.75, 3.05) is 5.32 Å². The zero-order valence-electron chi connectivity index (χ0n) is 12.6.